The summed E-state index contributed by atoms with van der Waals surface area (Å²) in [6, 6.07) is 0. The Morgan fingerprint density at radius 3 is 2.93 bits per heavy atom. The number of hydrogen-bond donors (Lipinski definition) is 0. The Bertz CT molecular complexity index is 211. The van der Waals surface area contributed by atoms with Crippen LogP contribution in [0.2, 0.25) is 0 Å². The highest BCUT2D eigenvalue weighted by atomic mass is 32.2. The van der Waals surface area contributed by atoms with Crippen LogP contribution in [0.25, 0.3) is 0 Å². The summed E-state index contributed by atoms with van der Waals surface area (Å²) in [6.07, 6.45) is 4.76. The van der Waals surface area contributed by atoms with Crippen LogP contribution >= 0.6 is 11.8 Å². The molecule has 3 atom stereocenters. The summed E-state index contributed by atoms with van der Waals surface area (Å²) in [7, 11) is 0. The van der Waals surface area contributed by atoms with Crippen molar-refractivity contribution in [1.29, 1.82) is 0 Å². The van der Waals surface area contributed by atoms with Crippen LogP contribution in [0.15, 0.2) is 0 Å². The standard InChI is InChI=1S/C11H18O2S/c1-8-10(12)4-5-11(8)14-7-9-3-2-6-13-9/h8-9,11H,2-7H2,1H3. The van der Waals surface area contributed by atoms with Crippen molar-refractivity contribution in [1.82, 2.24) is 0 Å². The molecule has 3 heteroatoms. The smallest absolute Gasteiger partial charge is 0.136 e. The lowest BCUT2D eigenvalue weighted by molar-refractivity contribution is -0.120. The fourth-order valence-electron chi connectivity index (χ4n) is 2.20. The van der Waals surface area contributed by atoms with Gasteiger partial charge in [0.05, 0.1) is 6.10 Å². The molecule has 1 saturated heterocycles. The lowest BCUT2D eigenvalue weighted by Gasteiger charge is -2.16. The van der Waals surface area contributed by atoms with E-state index >= 15 is 0 Å². The maximum atomic E-state index is 11.3. The van der Waals surface area contributed by atoms with E-state index in [1.807, 2.05) is 11.8 Å². The predicted molar refractivity (Wildman–Crippen MR) is 58.6 cm³/mol. The predicted octanol–water partition coefficient (Wildman–Crippen LogP) is 2.27. The number of carbonyl (C=O) groups excluding carboxylic acids is 1. The maximum absolute atomic E-state index is 11.3. The van der Waals surface area contributed by atoms with Crippen molar-refractivity contribution in [3.05, 3.63) is 0 Å². The second-order valence-electron chi connectivity index (χ2n) is 4.30. The van der Waals surface area contributed by atoms with E-state index in [9.17, 15) is 4.79 Å². The summed E-state index contributed by atoms with van der Waals surface area (Å²) in [6.45, 7) is 3.01. The van der Waals surface area contributed by atoms with Crippen LogP contribution in [0.5, 0.6) is 0 Å². The molecule has 2 fully saturated rings. The second-order valence-corrected chi connectivity index (χ2v) is 5.57. The molecule has 1 aliphatic carbocycles. The number of carbonyl (C=O) groups is 1. The van der Waals surface area contributed by atoms with Crippen LogP contribution in [0.1, 0.15) is 32.6 Å². The average Bonchev–Trinajstić information content (AvgIpc) is 2.77. The zero-order valence-electron chi connectivity index (χ0n) is 8.70. The summed E-state index contributed by atoms with van der Waals surface area (Å²) in [5.74, 6) is 1.82. The van der Waals surface area contributed by atoms with Crippen molar-refractivity contribution in [2.45, 2.75) is 44.0 Å². The van der Waals surface area contributed by atoms with Gasteiger partial charge in [-0.15, -0.1) is 0 Å². The molecule has 1 heterocycles. The topological polar surface area (TPSA) is 26.3 Å². The largest absolute Gasteiger partial charge is 0.377 e. The van der Waals surface area contributed by atoms with Gasteiger partial charge in [0.15, 0.2) is 0 Å². The Morgan fingerprint density at radius 1 is 1.50 bits per heavy atom. The number of ether oxygens (including phenoxy) is 1. The molecule has 0 aromatic rings. The third-order valence-corrected chi connectivity index (χ3v) is 4.90. The van der Waals surface area contributed by atoms with E-state index in [-0.39, 0.29) is 5.92 Å². The van der Waals surface area contributed by atoms with Gasteiger partial charge < -0.3 is 4.74 Å². The van der Waals surface area contributed by atoms with E-state index in [1.165, 1.54) is 12.8 Å². The first-order valence-electron chi connectivity index (χ1n) is 5.53. The Balaban J connectivity index is 1.72. The number of hydrogen-bond acceptors (Lipinski definition) is 3. The number of Topliss-reactive ketones (excluding diaryl/α,β-unsaturated/α-hetero) is 1. The molecule has 2 aliphatic rings. The molecule has 2 rings (SSSR count). The highest BCUT2D eigenvalue weighted by Crippen LogP contribution is 2.33. The first kappa shape index (κ1) is 10.5. The van der Waals surface area contributed by atoms with E-state index in [0.29, 0.717) is 17.1 Å². The average molecular weight is 214 g/mol. The molecule has 0 aromatic heterocycles. The van der Waals surface area contributed by atoms with Gasteiger partial charge >= 0.3 is 0 Å². The Hall–Kier alpha value is -0.0200. The van der Waals surface area contributed by atoms with E-state index in [1.54, 1.807) is 0 Å². The van der Waals surface area contributed by atoms with E-state index in [2.05, 4.69) is 6.92 Å². The van der Waals surface area contributed by atoms with Crippen LogP contribution in [-0.4, -0.2) is 29.5 Å². The Kier molecular flexibility index (Phi) is 3.50. The number of ketones is 1. The summed E-state index contributed by atoms with van der Waals surface area (Å²) >= 11 is 1.95. The zero-order valence-corrected chi connectivity index (χ0v) is 9.52. The normalized spacial score (nSPS) is 38.1. The fourth-order valence-corrected chi connectivity index (χ4v) is 3.65. The first-order valence-corrected chi connectivity index (χ1v) is 6.58. The van der Waals surface area contributed by atoms with E-state index in [0.717, 1.165) is 25.2 Å². The quantitative estimate of drug-likeness (QED) is 0.721. The van der Waals surface area contributed by atoms with Gasteiger partial charge in [-0.25, -0.2) is 0 Å². The number of thioether (sulfide) groups is 1. The minimum absolute atomic E-state index is 0.279. The van der Waals surface area contributed by atoms with Crippen LogP contribution in [-0.2, 0) is 9.53 Å². The van der Waals surface area contributed by atoms with Gasteiger partial charge in [-0.3, -0.25) is 4.79 Å². The molecule has 0 radical (unpaired) electrons. The SMILES string of the molecule is CC1C(=O)CCC1SCC1CCCO1. The molecule has 0 N–H and O–H groups in total. The van der Waals surface area contributed by atoms with Gasteiger partial charge in [0.25, 0.3) is 0 Å². The van der Waals surface area contributed by atoms with Crippen LogP contribution in [0.4, 0.5) is 0 Å². The molecule has 0 amide bonds. The summed E-state index contributed by atoms with van der Waals surface area (Å²) in [5.41, 5.74) is 0. The van der Waals surface area contributed by atoms with Gasteiger partial charge in [0.1, 0.15) is 5.78 Å². The van der Waals surface area contributed by atoms with E-state index in [4.69, 9.17) is 4.74 Å². The molecule has 80 valence electrons. The first-order chi connectivity index (χ1) is 6.77. The molecule has 1 aliphatic heterocycles. The van der Waals surface area contributed by atoms with Crippen LogP contribution in [0, 0.1) is 5.92 Å². The minimum Gasteiger partial charge on any atom is -0.377 e. The molecule has 14 heavy (non-hydrogen) atoms. The highest BCUT2D eigenvalue weighted by Gasteiger charge is 2.31. The third kappa shape index (κ3) is 2.31. The van der Waals surface area contributed by atoms with Crippen molar-refractivity contribution in [3.8, 4) is 0 Å². The van der Waals surface area contributed by atoms with Crippen molar-refractivity contribution in [3.63, 3.8) is 0 Å². The van der Waals surface area contributed by atoms with Gasteiger partial charge in [-0.2, -0.15) is 11.8 Å². The third-order valence-electron chi connectivity index (χ3n) is 3.26. The van der Waals surface area contributed by atoms with Crippen molar-refractivity contribution < 1.29 is 9.53 Å². The van der Waals surface area contributed by atoms with Crippen LogP contribution in [0.3, 0.4) is 0 Å². The molecule has 2 nitrogen and oxygen atoms in total. The molecule has 0 aromatic carbocycles. The highest BCUT2D eigenvalue weighted by molar-refractivity contribution is 8.00. The summed E-state index contributed by atoms with van der Waals surface area (Å²) in [5, 5.41) is 0.562. The van der Waals surface area contributed by atoms with Crippen molar-refractivity contribution in [2.24, 2.45) is 5.92 Å². The summed E-state index contributed by atoms with van der Waals surface area (Å²) < 4.78 is 5.57. The monoisotopic (exact) mass is 214 g/mol. The van der Waals surface area contributed by atoms with Crippen LogP contribution < -0.4 is 0 Å². The molecular formula is C11H18O2S. The van der Waals surface area contributed by atoms with Gasteiger partial charge in [-0.05, 0) is 19.3 Å². The lowest BCUT2D eigenvalue weighted by atomic mass is 10.1. The van der Waals surface area contributed by atoms with Gasteiger partial charge in [-0.1, -0.05) is 6.92 Å². The van der Waals surface area contributed by atoms with Crippen molar-refractivity contribution in [2.75, 3.05) is 12.4 Å². The fraction of sp³-hybridized carbons (Fsp3) is 0.909. The number of rotatable bonds is 3. The van der Waals surface area contributed by atoms with Gasteiger partial charge in [0.2, 0.25) is 0 Å². The molecule has 0 bridgehead atoms. The zero-order chi connectivity index (χ0) is 9.97. The molecule has 0 spiro atoms. The molecular weight excluding hydrogens is 196 g/mol. The molecule has 1 saturated carbocycles. The lowest BCUT2D eigenvalue weighted by Crippen LogP contribution is -2.16. The molecule has 3 unspecified atom stereocenters. The second kappa shape index (κ2) is 4.67. The van der Waals surface area contributed by atoms with Gasteiger partial charge in [0, 0.05) is 29.9 Å². The Labute approximate surface area is 89.8 Å². The maximum Gasteiger partial charge on any atom is 0.136 e. The van der Waals surface area contributed by atoms with Crippen molar-refractivity contribution >= 4 is 17.5 Å². The Morgan fingerprint density at radius 2 is 2.36 bits per heavy atom. The summed E-state index contributed by atoms with van der Waals surface area (Å²) in [4.78, 5) is 11.3. The minimum atomic E-state index is 0.279. The van der Waals surface area contributed by atoms with E-state index < -0.39 is 0 Å².